The van der Waals surface area contributed by atoms with E-state index in [0.29, 0.717) is 12.8 Å². The number of anilines is 2. The van der Waals surface area contributed by atoms with Gasteiger partial charge in [0.25, 0.3) is 0 Å². The molecule has 0 bridgehead atoms. The topological polar surface area (TPSA) is 49.4 Å². The first-order valence-corrected chi connectivity index (χ1v) is 6.82. The maximum Gasteiger partial charge on any atom is 0.227 e. The number of aryl methyl sites for hydroxylation is 1. The number of carbonyl (C=O) groups is 2. The van der Waals surface area contributed by atoms with Crippen LogP contribution in [0.15, 0.2) is 18.2 Å². The van der Waals surface area contributed by atoms with Gasteiger partial charge in [0.15, 0.2) is 0 Å². The number of hydrogen-bond donors (Lipinski definition) is 1. The number of nitrogens with zero attached hydrogens (tertiary/aromatic N) is 1. The van der Waals surface area contributed by atoms with Crippen molar-refractivity contribution in [3.05, 3.63) is 23.8 Å². The number of nitrogens with one attached hydrogen (secondary N) is 1. The van der Waals surface area contributed by atoms with E-state index >= 15 is 0 Å². The molecule has 2 amide bonds. The minimum Gasteiger partial charge on any atom is -0.326 e. The molecule has 1 aliphatic heterocycles. The smallest absolute Gasteiger partial charge is 0.227 e. The van der Waals surface area contributed by atoms with E-state index in [9.17, 15) is 9.59 Å². The van der Waals surface area contributed by atoms with Gasteiger partial charge in [-0.2, -0.15) is 0 Å². The summed E-state index contributed by atoms with van der Waals surface area (Å²) in [7, 11) is 0. The van der Waals surface area contributed by atoms with Crippen molar-refractivity contribution < 1.29 is 9.59 Å². The molecule has 2 rings (SSSR count). The third-order valence-corrected chi connectivity index (χ3v) is 3.33. The Labute approximate surface area is 113 Å². The van der Waals surface area contributed by atoms with Crippen molar-refractivity contribution in [3.8, 4) is 0 Å². The molecule has 0 aromatic heterocycles. The van der Waals surface area contributed by atoms with Gasteiger partial charge in [-0.1, -0.05) is 13.0 Å². The average molecular weight is 260 g/mol. The molecule has 1 fully saturated rings. The predicted octanol–water partition coefficient (Wildman–Crippen LogP) is 2.86. The summed E-state index contributed by atoms with van der Waals surface area (Å²) in [6, 6.07) is 5.72. The first kappa shape index (κ1) is 13.6. The Morgan fingerprint density at radius 3 is 2.84 bits per heavy atom. The van der Waals surface area contributed by atoms with E-state index in [0.717, 1.165) is 36.3 Å². The SMILES string of the molecule is CCCC(=O)Nc1ccc(C)c(N2CCCC2=O)c1. The largest absolute Gasteiger partial charge is 0.326 e. The summed E-state index contributed by atoms with van der Waals surface area (Å²) < 4.78 is 0. The lowest BCUT2D eigenvalue weighted by Gasteiger charge is -2.19. The number of hydrogen-bond acceptors (Lipinski definition) is 2. The molecule has 1 N–H and O–H groups in total. The Bertz CT molecular complexity index is 497. The van der Waals surface area contributed by atoms with E-state index in [2.05, 4.69) is 5.32 Å². The zero-order chi connectivity index (χ0) is 13.8. The minimum absolute atomic E-state index is 0.0186. The molecule has 0 saturated carbocycles. The van der Waals surface area contributed by atoms with Gasteiger partial charge in [-0.25, -0.2) is 0 Å². The Balaban J connectivity index is 2.19. The second kappa shape index (κ2) is 5.87. The van der Waals surface area contributed by atoms with Crippen LogP contribution in [0.1, 0.15) is 38.2 Å². The van der Waals surface area contributed by atoms with E-state index in [1.807, 2.05) is 36.9 Å². The molecule has 1 aliphatic rings. The fraction of sp³-hybridized carbons (Fsp3) is 0.467. The number of benzene rings is 1. The number of amides is 2. The van der Waals surface area contributed by atoms with Gasteiger partial charge in [0, 0.05) is 30.8 Å². The molecule has 0 unspecified atom stereocenters. The summed E-state index contributed by atoms with van der Waals surface area (Å²) >= 11 is 0. The minimum atomic E-state index is 0.0186. The molecule has 0 aliphatic carbocycles. The fourth-order valence-electron chi connectivity index (χ4n) is 2.33. The first-order valence-electron chi connectivity index (χ1n) is 6.82. The van der Waals surface area contributed by atoms with Crippen LogP contribution in [0.25, 0.3) is 0 Å². The van der Waals surface area contributed by atoms with Crippen LogP contribution >= 0.6 is 0 Å². The third kappa shape index (κ3) is 3.13. The molecular formula is C15H20N2O2. The Hall–Kier alpha value is -1.84. The van der Waals surface area contributed by atoms with Gasteiger partial charge in [-0.15, -0.1) is 0 Å². The highest BCUT2D eigenvalue weighted by molar-refractivity contribution is 5.97. The van der Waals surface area contributed by atoms with Gasteiger partial charge in [-0.05, 0) is 37.5 Å². The van der Waals surface area contributed by atoms with E-state index in [4.69, 9.17) is 0 Å². The van der Waals surface area contributed by atoms with Crippen LogP contribution < -0.4 is 10.2 Å². The van der Waals surface area contributed by atoms with Crippen molar-refractivity contribution in [1.29, 1.82) is 0 Å². The van der Waals surface area contributed by atoms with E-state index in [1.54, 1.807) is 0 Å². The summed E-state index contributed by atoms with van der Waals surface area (Å²) in [6.07, 6.45) is 2.87. The standard InChI is InChI=1S/C15H20N2O2/c1-3-5-14(18)16-12-8-7-11(2)13(10-12)17-9-4-6-15(17)19/h7-8,10H,3-6,9H2,1-2H3,(H,16,18). The normalized spacial score (nSPS) is 14.8. The summed E-state index contributed by atoms with van der Waals surface area (Å²) in [5.41, 5.74) is 2.74. The van der Waals surface area contributed by atoms with Crippen molar-refractivity contribution >= 4 is 23.2 Å². The lowest BCUT2D eigenvalue weighted by molar-refractivity contribution is -0.117. The highest BCUT2D eigenvalue weighted by atomic mass is 16.2. The van der Waals surface area contributed by atoms with Crippen LogP contribution in [0.3, 0.4) is 0 Å². The summed E-state index contributed by atoms with van der Waals surface area (Å²) in [5.74, 6) is 0.185. The molecule has 1 saturated heterocycles. The molecule has 0 radical (unpaired) electrons. The molecule has 4 nitrogen and oxygen atoms in total. The molecule has 1 aromatic rings. The molecule has 19 heavy (non-hydrogen) atoms. The summed E-state index contributed by atoms with van der Waals surface area (Å²) in [4.78, 5) is 25.2. The van der Waals surface area contributed by atoms with Crippen molar-refractivity contribution in [2.24, 2.45) is 0 Å². The highest BCUT2D eigenvalue weighted by Crippen LogP contribution is 2.28. The Morgan fingerprint density at radius 1 is 1.42 bits per heavy atom. The molecule has 1 aromatic carbocycles. The quantitative estimate of drug-likeness (QED) is 0.905. The number of carbonyl (C=O) groups excluding carboxylic acids is 2. The van der Waals surface area contributed by atoms with Crippen molar-refractivity contribution in [2.45, 2.75) is 39.5 Å². The summed E-state index contributed by atoms with van der Waals surface area (Å²) in [5, 5.41) is 2.87. The third-order valence-electron chi connectivity index (χ3n) is 3.33. The zero-order valence-corrected chi connectivity index (χ0v) is 11.5. The molecular weight excluding hydrogens is 240 g/mol. The van der Waals surface area contributed by atoms with Gasteiger partial charge < -0.3 is 10.2 Å². The maximum absolute atomic E-state index is 11.8. The van der Waals surface area contributed by atoms with E-state index < -0.39 is 0 Å². The Kier molecular flexibility index (Phi) is 4.20. The first-order chi connectivity index (χ1) is 9.11. The highest BCUT2D eigenvalue weighted by Gasteiger charge is 2.23. The maximum atomic E-state index is 11.8. The van der Waals surface area contributed by atoms with Crippen LogP contribution in [-0.4, -0.2) is 18.4 Å². The van der Waals surface area contributed by atoms with Crippen molar-refractivity contribution in [2.75, 3.05) is 16.8 Å². The molecule has 4 heteroatoms. The van der Waals surface area contributed by atoms with Crippen LogP contribution in [0.4, 0.5) is 11.4 Å². The molecule has 0 atom stereocenters. The summed E-state index contributed by atoms with van der Waals surface area (Å²) in [6.45, 7) is 4.73. The van der Waals surface area contributed by atoms with Crippen LogP contribution in [-0.2, 0) is 9.59 Å². The molecule has 0 spiro atoms. The Morgan fingerprint density at radius 2 is 2.21 bits per heavy atom. The van der Waals surface area contributed by atoms with Gasteiger partial charge in [-0.3, -0.25) is 9.59 Å². The molecule has 1 heterocycles. The monoisotopic (exact) mass is 260 g/mol. The zero-order valence-electron chi connectivity index (χ0n) is 11.5. The average Bonchev–Trinajstić information content (AvgIpc) is 2.78. The fourth-order valence-corrected chi connectivity index (χ4v) is 2.33. The van der Waals surface area contributed by atoms with Crippen molar-refractivity contribution in [3.63, 3.8) is 0 Å². The van der Waals surface area contributed by atoms with Gasteiger partial charge >= 0.3 is 0 Å². The van der Waals surface area contributed by atoms with Gasteiger partial charge in [0.1, 0.15) is 0 Å². The van der Waals surface area contributed by atoms with Crippen LogP contribution in [0.5, 0.6) is 0 Å². The van der Waals surface area contributed by atoms with E-state index in [-0.39, 0.29) is 11.8 Å². The molecule has 102 valence electrons. The van der Waals surface area contributed by atoms with E-state index in [1.165, 1.54) is 0 Å². The van der Waals surface area contributed by atoms with Gasteiger partial charge in [0.05, 0.1) is 0 Å². The van der Waals surface area contributed by atoms with Crippen molar-refractivity contribution in [1.82, 2.24) is 0 Å². The lowest BCUT2D eigenvalue weighted by Crippen LogP contribution is -2.24. The van der Waals surface area contributed by atoms with Crippen LogP contribution in [0.2, 0.25) is 0 Å². The second-order valence-corrected chi connectivity index (χ2v) is 4.95. The number of rotatable bonds is 4. The lowest BCUT2D eigenvalue weighted by atomic mass is 10.1. The van der Waals surface area contributed by atoms with Gasteiger partial charge in [0.2, 0.25) is 11.8 Å². The van der Waals surface area contributed by atoms with Crippen LogP contribution in [0, 0.1) is 6.92 Å². The predicted molar refractivity (Wildman–Crippen MR) is 76.3 cm³/mol. The second-order valence-electron chi connectivity index (χ2n) is 4.95.